The maximum Gasteiger partial charge on any atom is 0.323 e. The van der Waals surface area contributed by atoms with E-state index in [0.717, 1.165) is 33.8 Å². The highest BCUT2D eigenvalue weighted by Crippen LogP contribution is 2.25. The van der Waals surface area contributed by atoms with Gasteiger partial charge >= 0.3 is 6.03 Å². The summed E-state index contributed by atoms with van der Waals surface area (Å²) in [6.45, 7) is 0. The summed E-state index contributed by atoms with van der Waals surface area (Å²) in [6, 6.07) is 36.9. The van der Waals surface area contributed by atoms with E-state index in [1.807, 2.05) is 48.5 Å². The van der Waals surface area contributed by atoms with Gasteiger partial charge in [0.25, 0.3) is 0 Å². The Kier molecular flexibility index (Phi) is 16.4. The zero-order chi connectivity index (χ0) is 57.3. The number of hydrogen-bond donors (Lipinski definition) is 5. The first-order valence-electron chi connectivity index (χ1n) is 24.8. The third-order valence-corrected chi connectivity index (χ3v) is 12.8. The van der Waals surface area contributed by atoms with Crippen molar-refractivity contribution < 1.29 is 23.2 Å². The number of ketones is 2. The molecular weight excluding hydrogens is 1090 g/mol. The molecule has 0 unspecified atom stereocenters. The van der Waals surface area contributed by atoms with Crippen LogP contribution in [0.25, 0.3) is 50.2 Å². The van der Waals surface area contributed by atoms with Gasteiger partial charge in [-0.15, -0.1) is 0 Å². The van der Waals surface area contributed by atoms with Crippen LogP contribution in [-0.4, -0.2) is 81.8 Å². The lowest BCUT2D eigenvalue weighted by atomic mass is 10.0. The predicted octanol–water partition coefficient (Wildman–Crippen LogP) is 9.53. The zero-order valence-corrected chi connectivity index (χ0v) is 44.3. The zero-order valence-electron chi connectivity index (χ0n) is 42.8. The molecule has 7 heterocycles. The van der Waals surface area contributed by atoms with Gasteiger partial charge in [-0.25, -0.2) is 62.5 Å². The van der Waals surface area contributed by atoms with Crippen molar-refractivity contribution in [3.63, 3.8) is 0 Å². The quantitative estimate of drug-likeness (QED) is 0.0671. The lowest BCUT2D eigenvalue weighted by Gasteiger charge is -2.09. The molecule has 0 radical (unpaired) electrons. The minimum atomic E-state index is -0.544. The summed E-state index contributed by atoms with van der Waals surface area (Å²) in [6.07, 6.45) is 9.75. The highest BCUT2D eigenvalue weighted by atomic mass is 35.5. The van der Waals surface area contributed by atoms with Gasteiger partial charge in [0.1, 0.15) is 69.9 Å². The smallest absolute Gasteiger partial charge is 0.323 e. The van der Waals surface area contributed by atoms with Crippen molar-refractivity contribution in [2.75, 3.05) is 27.8 Å². The number of amides is 2. The van der Waals surface area contributed by atoms with Crippen LogP contribution in [0.1, 0.15) is 22.3 Å². The first-order valence-corrected chi connectivity index (χ1v) is 25.5. The predicted molar refractivity (Wildman–Crippen MR) is 308 cm³/mol. The van der Waals surface area contributed by atoms with Crippen LogP contribution in [0, 0.1) is 11.6 Å². The fraction of sp³-hybridized carbons (Fsp3) is 0.0702. The van der Waals surface area contributed by atoms with Crippen LogP contribution in [-0.2, 0) is 35.3 Å². The van der Waals surface area contributed by atoms with E-state index in [0.29, 0.717) is 61.8 Å². The van der Waals surface area contributed by atoms with Crippen LogP contribution < -0.4 is 27.8 Å². The summed E-state index contributed by atoms with van der Waals surface area (Å²) in [5.41, 5.74) is 25.1. The monoisotopic (exact) mass is 1140 g/mol. The minimum Gasteiger partial charge on any atom is -0.383 e. The minimum absolute atomic E-state index is 0.0346. The summed E-state index contributed by atoms with van der Waals surface area (Å²) < 4.78 is 32.3. The summed E-state index contributed by atoms with van der Waals surface area (Å²) >= 11 is 11.8. The number of benzene rings is 5. The molecule has 0 saturated carbocycles. The number of carbonyl (C=O) groups excluding carboxylic acids is 3. The number of hydrogen-bond acceptors (Lipinski definition) is 16. The fourth-order valence-corrected chi connectivity index (χ4v) is 9.07. The number of nitrogens with zero attached hydrogens (tertiary/aromatic N) is 13. The molecule has 408 valence electrons. The molecule has 21 nitrogen and oxygen atoms in total. The van der Waals surface area contributed by atoms with E-state index in [9.17, 15) is 23.2 Å². The van der Waals surface area contributed by atoms with Crippen LogP contribution in [0.5, 0.6) is 0 Å². The number of Topliss-reactive ketones (excluding diaryl/α,β-unsaturated/α-hetero) is 2. The molecule has 25 heteroatoms. The SMILES string of the molecule is Nc1ncnc2c1cnn2-c1ccc(NC(=O)Nc2ccccc2F)cc1.Nc1ncnc2c1cnn2-c1cccc(CC(=O)Cc2cc(Cl)nc(Cl)c2)c1.Nc1ncnc2c1cnn2-c1cccc(CC(=O)Cc2ccccc2F)c1. The Balaban J connectivity index is 0.000000138. The Morgan fingerprint density at radius 1 is 0.463 bits per heavy atom. The van der Waals surface area contributed by atoms with Gasteiger partial charge in [-0.1, -0.05) is 77.8 Å². The van der Waals surface area contributed by atoms with Crippen molar-refractivity contribution in [1.82, 2.24) is 64.2 Å². The van der Waals surface area contributed by atoms with Gasteiger partial charge in [0.15, 0.2) is 16.9 Å². The van der Waals surface area contributed by atoms with Crippen LogP contribution in [0.3, 0.4) is 0 Å². The first-order chi connectivity index (χ1) is 39.7. The van der Waals surface area contributed by atoms with Gasteiger partial charge in [-0.2, -0.15) is 15.3 Å². The Morgan fingerprint density at radius 3 is 1.41 bits per heavy atom. The number of halogens is 4. The number of anilines is 5. The van der Waals surface area contributed by atoms with E-state index < -0.39 is 11.8 Å². The molecule has 8 N–H and O–H groups in total. The normalized spacial score (nSPS) is 10.9. The van der Waals surface area contributed by atoms with Crippen LogP contribution in [0.4, 0.5) is 42.4 Å². The molecule has 0 saturated heterocycles. The second kappa shape index (κ2) is 24.6. The number of nitrogens with one attached hydrogen (secondary N) is 2. The van der Waals surface area contributed by atoms with E-state index in [1.165, 1.54) is 37.2 Å². The number of nitrogen functional groups attached to an aromatic ring is 3. The number of aromatic nitrogens is 13. The van der Waals surface area contributed by atoms with Crippen molar-refractivity contribution in [3.8, 4) is 17.1 Å². The number of pyridine rings is 1. The highest BCUT2D eigenvalue weighted by molar-refractivity contribution is 6.32. The number of urea groups is 1. The van der Waals surface area contributed by atoms with Gasteiger partial charge in [-0.05, 0) is 101 Å². The number of fused-ring (bicyclic) bond motifs is 3. The second-order valence-corrected chi connectivity index (χ2v) is 18.9. The number of para-hydroxylation sites is 1. The third-order valence-electron chi connectivity index (χ3n) is 12.4. The summed E-state index contributed by atoms with van der Waals surface area (Å²) in [5.74, 6) is 0.199. The largest absolute Gasteiger partial charge is 0.383 e. The number of carbonyl (C=O) groups is 3. The molecule has 0 atom stereocenters. The third kappa shape index (κ3) is 12.9. The maximum absolute atomic E-state index is 13.7. The number of rotatable bonds is 13. The molecule has 12 rings (SSSR count). The molecule has 12 aromatic rings. The molecule has 0 spiro atoms. The standard InChI is InChI=1S/C20H16FN5O.C19H14Cl2N6O.C18H14FN7O/c21-18-7-2-1-5-14(18)10-16(27)9-13-4-3-6-15(8-13)26-20-17(11-25-26)19(22)23-12-24-20;20-16-7-12(8-17(21)26-16)6-14(28)5-11-2-1-3-13(4-11)27-19-15(9-25-27)18(22)23-10-24-19;19-14-3-1-2-4-15(14)25-18(27)24-11-5-7-12(8-6-11)26-17-13(9-23-26)16(20)21-10-22-17/h1-8,11-12H,9-10H2,(H2,22,23,24);1-4,7-10H,5-6H2,(H2,22,23,24);1-10H,(H2,20,21,22)(H2,24,25,27). The second-order valence-electron chi connectivity index (χ2n) is 18.1. The molecule has 7 aromatic heterocycles. The molecule has 0 aliphatic heterocycles. The summed E-state index contributed by atoms with van der Waals surface area (Å²) in [4.78, 5) is 65.3. The fourth-order valence-electron chi connectivity index (χ4n) is 8.56. The van der Waals surface area contributed by atoms with E-state index in [-0.39, 0.29) is 59.1 Å². The van der Waals surface area contributed by atoms with Crippen molar-refractivity contribution in [3.05, 3.63) is 215 Å². The molecule has 2 amide bonds. The van der Waals surface area contributed by atoms with Crippen LogP contribution >= 0.6 is 23.2 Å². The summed E-state index contributed by atoms with van der Waals surface area (Å²) in [7, 11) is 0. The highest BCUT2D eigenvalue weighted by Gasteiger charge is 2.16. The molecule has 0 aliphatic rings. The Bertz CT molecular complexity index is 4310. The topological polar surface area (TPSA) is 297 Å². The Morgan fingerprint density at radius 2 is 0.915 bits per heavy atom. The lowest BCUT2D eigenvalue weighted by Crippen LogP contribution is -2.20. The Hall–Kier alpha value is -10.7. The van der Waals surface area contributed by atoms with Gasteiger partial charge < -0.3 is 27.8 Å². The van der Waals surface area contributed by atoms with Gasteiger partial charge in [0.05, 0.1) is 57.5 Å². The average molecular weight is 1140 g/mol. The van der Waals surface area contributed by atoms with E-state index in [1.54, 1.807) is 99.4 Å². The molecule has 82 heavy (non-hydrogen) atoms. The molecular formula is C57H44Cl2F2N18O3. The maximum atomic E-state index is 13.7. The van der Waals surface area contributed by atoms with Crippen molar-refractivity contribution in [1.29, 1.82) is 0 Å². The molecule has 0 fully saturated rings. The van der Waals surface area contributed by atoms with Gasteiger partial charge in [0.2, 0.25) is 0 Å². The van der Waals surface area contributed by atoms with Crippen molar-refractivity contribution in [2.24, 2.45) is 0 Å². The van der Waals surface area contributed by atoms with Crippen LogP contribution in [0.2, 0.25) is 10.3 Å². The summed E-state index contributed by atoms with van der Waals surface area (Å²) in [5, 5.41) is 20.6. The van der Waals surface area contributed by atoms with Crippen LogP contribution in [0.15, 0.2) is 171 Å². The lowest BCUT2D eigenvalue weighted by molar-refractivity contribution is -0.118. The molecule has 0 aliphatic carbocycles. The van der Waals surface area contributed by atoms with Gasteiger partial charge in [0, 0.05) is 31.4 Å². The van der Waals surface area contributed by atoms with Gasteiger partial charge in [-0.3, -0.25) is 9.59 Å². The number of nitrogens with two attached hydrogens (primary N) is 3. The average Bonchev–Trinajstić information content (AvgIpc) is 4.36. The molecule has 5 aromatic carbocycles. The Labute approximate surface area is 473 Å². The van der Waals surface area contributed by atoms with E-state index in [2.05, 4.69) is 60.8 Å². The van der Waals surface area contributed by atoms with E-state index >= 15 is 0 Å². The van der Waals surface area contributed by atoms with Crippen molar-refractivity contribution >= 4 is 103 Å². The molecule has 0 bridgehead atoms. The van der Waals surface area contributed by atoms with E-state index in [4.69, 9.17) is 40.4 Å². The van der Waals surface area contributed by atoms with Crippen molar-refractivity contribution in [2.45, 2.75) is 25.7 Å². The first kappa shape index (κ1) is 54.7.